The molecule has 0 fully saturated rings. The molecule has 0 bridgehead atoms. The third kappa shape index (κ3) is 3.94. The molecule has 0 saturated heterocycles. The van der Waals surface area contributed by atoms with Crippen molar-refractivity contribution >= 4 is 23.2 Å². The molecule has 0 aliphatic rings. The van der Waals surface area contributed by atoms with Gasteiger partial charge in [-0.05, 0) is 41.5 Å². The van der Waals surface area contributed by atoms with Gasteiger partial charge in [0, 0.05) is 17.8 Å². The van der Waals surface area contributed by atoms with Gasteiger partial charge in [0.1, 0.15) is 12.7 Å². The van der Waals surface area contributed by atoms with Crippen LogP contribution in [0.4, 0.5) is 5.69 Å². The van der Waals surface area contributed by atoms with E-state index in [1.165, 1.54) is 6.33 Å². The second kappa shape index (κ2) is 7.66. The molecule has 28 heavy (non-hydrogen) atoms. The highest BCUT2D eigenvalue weighted by Gasteiger charge is 2.14. The zero-order valence-electron chi connectivity index (χ0n) is 15.1. The number of nitrogens with zero attached hydrogens (tertiary/aromatic N) is 5. The SMILES string of the molecule is Cn1nc(C(=O)Nc2cccc(Cn3cncn3)c2)cc1-c1ccc(Cl)cc1. The van der Waals surface area contributed by atoms with E-state index in [-0.39, 0.29) is 5.91 Å². The normalized spacial score (nSPS) is 10.8. The zero-order chi connectivity index (χ0) is 19.5. The fraction of sp³-hybridized carbons (Fsp3) is 0.100. The Kier molecular flexibility index (Phi) is 4.90. The second-order valence-corrected chi connectivity index (χ2v) is 6.73. The highest BCUT2D eigenvalue weighted by molar-refractivity contribution is 6.30. The molecule has 8 heteroatoms. The first-order valence-electron chi connectivity index (χ1n) is 8.61. The Morgan fingerprint density at radius 3 is 2.71 bits per heavy atom. The summed E-state index contributed by atoms with van der Waals surface area (Å²) in [6, 6.07) is 16.8. The summed E-state index contributed by atoms with van der Waals surface area (Å²) in [5.41, 5.74) is 3.82. The van der Waals surface area contributed by atoms with Crippen molar-refractivity contribution in [3.8, 4) is 11.3 Å². The number of carbonyl (C=O) groups excluding carboxylic acids is 1. The van der Waals surface area contributed by atoms with E-state index in [0.29, 0.717) is 22.9 Å². The monoisotopic (exact) mass is 392 g/mol. The predicted molar refractivity (Wildman–Crippen MR) is 107 cm³/mol. The van der Waals surface area contributed by atoms with Gasteiger partial charge in [-0.1, -0.05) is 35.9 Å². The summed E-state index contributed by atoms with van der Waals surface area (Å²) < 4.78 is 3.40. The maximum atomic E-state index is 12.7. The van der Waals surface area contributed by atoms with Crippen LogP contribution in [-0.2, 0) is 13.6 Å². The maximum Gasteiger partial charge on any atom is 0.276 e. The van der Waals surface area contributed by atoms with Gasteiger partial charge >= 0.3 is 0 Å². The van der Waals surface area contributed by atoms with Crippen LogP contribution in [0.3, 0.4) is 0 Å². The van der Waals surface area contributed by atoms with Crippen LogP contribution in [0.15, 0.2) is 67.3 Å². The summed E-state index contributed by atoms with van der Waals surface area (Å²) in [5.74, 6) is -0.270. The molecule has 2 heterocycles. The molecular formula is C20H17ClN6O. The Labute approximate surface area is 166 Å². The van der Waals surface area contributed by atoms with Gasteiger partial charge in [0.25, 0.3) is 5.91 Å². The van der Waals surface area contributed by atoms with Crippen LogP contribution in [0, 0.1) is 0 Å². The minimum absolute atomic E-state index is 0.270. The Morgan fingerprint density at radius 2 is 1.96 bits per heavy atom. The van der Waals surface area contributed by atoms with Crippen molar-refractivity contribution in [3.63, 3.8) is 0 Å². The Balaban J connectivity index is 1.51. The number of hydrogen-bond donors (Lipinski definition) is 1. The summed E-state index contributed by atoms with van der Waals surface area (Å²) >= 11 is 5.95. The highest BCUT2D eigenvalue weighted by Crippen LogP contribution is 2.22. The zero-order valence-corrected chi connectivity index (χ0v) is 15.8. The lowest BCUT2D eigenvalue weighted by Crippen LogP contribution is -2.13. The van der Waals surface area contributed by atoms with Gasteiger partial charge in [0.05, 0.1) is 12.2 Å². The smallest absolute Gasteiger partial charge is 0.276 e. The van der Waals surface area contributed by atoms with Crippen LogP contribution < -0.4 is 5.32 Å². The van der Waals surface area contributed by atoms with E-state index < -0.39 is 0 Å². The average molecular weight is 393 g/mol. The Bertz CT molecular complexity index is 1100. The van der Waals surface area contributed by atoms with Crippen molar-refractivity contribution < 1.29 is 4.79 Å². The minimum Gasteiger partial charge on any atom is -0.321 e. The van der Waals surface area contributed by atoms with Crippen molar-refractivity contribution in [2.24, 2.45) is 7.05 Å². The summed E-state index contributed by atoms with van der Waals surface area (Å²) in [5, 5.41) is 12.0. The van der Waals surface area contributed by atoms with Crippen molar-refractivity contribution in [2.45, 2.75) is 6.54 Å². The van der Waals surface area contributed by atoms with Crippen LogP contribution >= 0.6 is 11.6 Å². The van der Waals surface area contributed by atoms with Gasteiger partial charge < -0.3 is 5.32 Å². The Morgan fingerprint density at radius 1 is 1.14 bits per heavy atom. The fourth-order valence-corrected chi connectivity index (χ4v) is 3.04. The number of aryl methyl sites for hydroxylation is 1. The first-order valence-corrected chi connectivity index (χ1v) is 8.99. The molecule has 0 radical (unpaired) electrons. The Hall–Kier alpha value is -3.45. The molecule has 0 aliphatic carbocycles. The van der Waals surface area contributed by atoms with Crippen molar-refractivity contribution in [2.75, 3.05) is 5.32 Å². The molecule has 0 atom stereocenters. The third-order valence-corrected chi connectivity index (χ3v) is 4.50. The van der Waals surface area contributed by atoms with E-state index in [1.807, 2.05) is 48.5 Å². The molecule has 4 rings (SSSR count). The van der Waals surface area contributed by atoms with Crippen LogP contribution in [0.1, 0.15) is 16.1 Å². The molecule has 0 saturated carbocycles. The number of nitrogens with one attached hydrogen (secondary N) is 1. The van der Waals surface area contributed by atoms with Gasteiger partial charge in [-0.15, -0.1) is 0 Å². The first-order chi connectivity index (χ1) is 13.6. The van der Waals surface area contributed by atoms with E-state index in [9.17, 15) is 4.79 Å². The van der Waals surface area contributed by atoms with Crippen LogP contribution in [0.5, 0.6) is 0 Å². The molecular weight excluding hydrogens is 376 g/mol. The second-order valence-electron chi connectivity index (χ2n) is 6.29. The van der Waals surface area contributed by atoms with Gasteiger partial charge in [-0.3, -0.25) is 9.48 Å². The number of anilines is 1. The number of benzene rings is 2. The number of rotatable bonds is 5. The quantitative estimate of drug-likeness (QED) is 0.562. The minimum atomic E-state index is -0.270. The molecule has 1 N–H and O–H groups in total. The summed E-state index contributed by atoms with van der Waals surface area (Å²) in [6.45, 7) is 0.577. The van der Waals surface area contributed by atoms with Gasteiger partial charge in [-0.25, -0.2) is 9.67 Å². The largest absolute Gasteiger partial charge is 0.321 e. The van der Waals surface area contributed by atoms with Crippen molar-refractivity contribution in [3.05, 3.63) is 83.5 Å². The first kappa shape index (κ1) is 17.9. The van der Waals surface area contributed by atoms with E-state index in [1.54, 1.807) is 28.8 Å². The van der Waals surface area contributed by atoms with Crippen molar-refractivity contribution in [1.82, 2.24) is 24.5 Å². The number of hydrogen-bond acceptors (Lipinski definition) is 4. The number of carbonyl (C=O) groups is 1. The molecule has 0 aliphatic heterocycles. The summed E-state index contributed by atoms with van der Waals surface area (Å²) in [6.07, 6.45) is 3.14. The average Bonchev–Trinajstić information content (AvgIpc) is 3.32. The van der Waals surface area contributed by atoms with Crippen LogP contribution in [-0.4, -0.2) is 30.5 Å². The lowest BCUT2D eigenvalue weighted by molar-refractivity contribution is 0.102. The molecule has 140 valence electrons. The highest BCUT2D eigenvalue weighted by atomic mass is 35.5. The standard InChI is InChI=1S/C20H17ClN6O/c1-26-19(15-5-7-16(21)8-6-15)10-18(25-26)20(28)24-17-4-2-3-14(9-17)11-27-13-22-12-23-27/h2-10,12-13H,11H2,1H3,(H,24,28). The van der Waals surface area contributed by atoms with E-state index in [4.69, 9.17) is 11.6 Å². The van der Waals surface area contributed by atoms with Gasteiger partial charge in [0.2, 0.25) is 0 Å². The molecule has 7 nitrogen and oxygen atoms in total. The number of aromatic nitrogens is 5. The molecule has 0 unspecified atom stereocenters. The van der Waals surface area contributed by atoms with E-state index >= 15 is 0 Å². The van der Waals surface area contributed by atoms with Gasteiger partial charge in [0.15, 0.2) is 5.69 Å². The van der Waals surface area contributed by atoms with Crippen molar-refractivity contribution in [1.29, 1.82) is 0 Å². The third-order valence-electron chi connectivity index (χ3n) is 4.25. The molecule has 4 aromatic rings. The number of amides is 1. The summed E-state index contributed by atoms with van der Waals surface area (Å²) in [7, 11) is 1.81. The molecule has 0 spiro atoms. The van der Waals surface area contributed by atoms with Gasteiger partial charge in [-0.2, -0.15) is 10.2 Å². The summed E-state index contributed by atoms with van der Waals surface area (Å²) in [4.78, 5) is 16.6. The maximum absolute atomic E-state index is 12.7. The lowest BCUT2D eigenvalue weighted by Gasteiger charge is -2.06. The topological polar surface area (TPSA) is 77.6 Å². The van der Waals surface area contributed by atoms with E-state index in [2.05, 4.69) is 20.5 Å². The lowest BCUT2D eigenvalue weighted by atomic mass is 10.1. The predicted octanol–water partition coefficient (Wildman–Crippen LogP) is 3.63. The van der Waals surface area contributed by atoms with E-state index in [0.717, 1.165) is 16.8 Å². The number of halogens is 1. The molecule has 2 aromatic carbocycles. The molecule has 2 aromatic heterocycles. The van der Waals surface area contributed by atoms with Crippen LogP contribution in [0.2, 0.25) is 5.02 Å². The fourth-order valence-electron chi connectivity index (χ4n) is 2.91. The van der Waals surface area contributed by atoms with Crippen LogP contribution in [0.25, 0.3) is 11.3 Å². The molecule has 1 amide bonds.